The van der Waals surface area contributed by atoms with E-state index >= 15 is 0 Å². The second-order valence-corrected chi connectivity index (χ2v) is 7.47. The number of para-hydroxylation sites is 1. The van der Waals surface area contributed by atoms with Crippen LogP contribution in [0.15, 0.2) is 95.5 Å². The van der Waals surface area contributed by atoms with Crippen LogP contribution in [0.2, 0.25) is 0 Å². The molecule has 1 amide bonds. The van der Waals surface area contributed by atoms with Gasteiger partial charge in [0.15, 0.2) is 11.6 Å². The monoisotopic (exact) mass is 449 g/mol. The van der Waals surface area contributed by atoms with E-state index in [1.807, 2.05) is 49.4 Å². The highest BCUT2D eigenvalue weighted by molar-refractivity contribution is 6.11. The first-order valence-corrected chi connectivity index (χ1v) is 10.5. The molecule has 3 aromatic carbocycles. The predicted octanol–water partition coefficient (Wildman–Crippen LogP) is 5.50. The number of benzene rings is 3. The van der Waals surface area contributed by atoms with Gasteiger partial charge in [-0.2, -0.15) is 9.78 Å². The Labute approximate surface area is 194 Å². The average Bonchev–Trinajstić information content (AvgIpc) is 3.24. The quantitative estimate of drug-likeness (QED) is 0.344. The maximum atomic E-state index is 13.0. The van der Waals surface area contributed by atoms with Crippen molar-refractivity contribution < 1.29 is 9.90 Å². The molecule has 2 heterocycles. The van der Waals surface area contributed by atoms with Crippen LogP contribution in [0.3, 0.4) is 0 Å². The van der Waals surface area contributed by atoms with Gasteiger partial charge in [0.25, 0.3) is 11.9 Å². The SMILES string of the molecule is Cc1cnn(-c2ncccn2)c1N=Nc1c(O)c(C(=O)Nc2ccccc2)cc2ccccc12. The molecule has 0 spiro atoms. The third kappa shape index (κ3) is 3.97. The van der Waals surface area contributed by atoms with Crippen LogP contribution in [-0.2, 0) is 0 Å². The first-order chi connectivity index (χ1) is 16.6. The fourth-order valence-electron chi connectivity index (χ4n) is 3.50. The summed E-state index contributed by atoms with van der Waals surface area (Å²) in [5.74, 6) is 0.0313. The van der Waals surface area contributed by atoms with Gasteiger partial charge < -0.3 is 10.4 Å². The average molecular weight is 449 g/mol. The minimum Gasteiger partial charge on any atom is -0.505 e. The summed E-state index contributed by atoms with van der Waals surface area (Å²) in [5.41, 5.74) is 1.63. The van der Waals surface area contributed by atoms with E-state index in [4.69, 9.17) is 0 Å². The lowest BCUT2D eigenvalue weighted by Gasteiger charge is -2.11. The fourth-order valence-corrected chi connectivity index (χ4v) is 3.50. The predicted molar refractivity (Wildman–Crippen MR) is 128 cm³/mol. The zero-order valence-electron chi connectivity index (χ0n) is 18.1. The molecule has 0 unspecified atom stereocenters. The topological polar surface area (TPSA) is 118 Å². The molecule has 0 radical (unpaired) electrons. The highest BCUT2D eigenvalue weighted by Gasteiger charge is 2.19. The van der Waals surface area contributed by atoms with Gasteiger partial charge in [-0.1, -0.05) is 42.5 Å². The number of aryl methyl sites for hydroxylation is 1. The molecule has 0 aliphatic heterocycles. The zero-order chi connectivity index (χ0) is 23.5. The number of azo groups is 1. The number of amides is 1. The lowest BCUT2D eigenvalue weighted by molar-refractivity contribution is 0.102. The van der Waals surface area contributed by atoms with Gasteiger partial charge in [0.1, 0.15) is 5.69 Å². The fraction of sp³-hybridized carbons (Fsp3) is 0.0400. The number of hydrogen-bond donors (Lipinski definition) is 2. The molecule has 0 fully saturated rings. The third-order valence-electron chi connectivity index (χ3n) is 5.18. The molecule has 9 heteroatoms. The van der Waals surface area contributed by atoms with Gasteiger partial charge in [-0.15, -0.1) is 10.2 Å². The van der Waals surface area contributed by atoms with Crippen LogP contribution in [0.1, 0.15) is 15.9 Å². The van der Waals surface area contributed by atoms with Gasteiger partial charge in [-0.25, -0.2) is 9.97 Å². The summed E-state index contributed by atoms with van der Waals surface area (Å²) < 4.78 is 1.46. The van der Waals surface area contributed by atoms with Crippen molar-refractivity contribution in [3.05, 3.63) is 96.4 Å². The standard InChI is InChI=1S/C25H19N7O2/c1-16-15-28-32(25-26-12-7-13-27-25)23(16)31-30-21-19-11-6-5-8-17(19)14-20(22(21)33)24(34)29-18-9-3-2-4-10-18/h2-15,33H,1H3,(H,29,34). The van der Waals surface area contributed by atoms with Crippen LogP contribution in [0, 0.1) is 6.92 Å². The van der Waals surface area contributed by atoms with Crippen molar-refractivity contribution in [3.63, 3.8) is 0 Å². The molecule has 34 heavy (non-hydrogen) atoms. The van der Waals surface area contributed by atoms with Gasteiger partial charge in [0, 0.05) is 29.0 Å². The minimum atomic E-state index is -0.454. The molecule has 2 N–H and O–H groups in total. The van der Waals surface area contributed by atoms with Crippen molar-refractivity contribution in [1.82, 2.24) is 19.7 Å². The molecule has 0 aliphatic rings. The highest BCUT2D eigenvalue weighted by atomic mass is 16.3. The second kappa shape index (κ2) is 8.91. The Morgan fingerprint density at radius 2 is 1.71 bits per heavy atom. The number of aromatic nitrogens is 4. The lowest BCUT2D eigenvalue weighted by Crippen LogP contribution is -2.12. The van der Waals surface area contributed by atoms with Crippen LogP contribution in [0.4, 0.5) is 17.2 Å². The van der Waals surface area contributed by atoms with Crippen LogP contribution in [-0.4, -0.2) is 30.8 Å². The van der Waals surface area contributed by atoms with Gasteiger partial charge in [-0.3, -0.25) is 4.79 Å². The third-order valence-corrected chi connectivity index (χ3v) is 5.18. The van der Waals surface area contributed by atoms with Crippen molar-refractivity contribution in [2.75, 3.05) is 5.32 Å². The first-order valence-electron chi connectivity index (χ1n) is 10.5. The van der Waals surface area contributed by atoms with E-state index in [0.29, 0.717) is 22.8 Å². The molecule has 5 aromatic rings. The van der Waals surface area contributed by atoms with E-state index in [-0.39, 0.29) is 17.0 Å². The maximum Gasteiger partial charge on any atom is 0.259 e. The van der Waals surface area contributed by atoms with Gasteiger partial charge in [0.05, 0.1) is 11.8 Å². The van der Waals surface area contributed by atoms with Crippen molar-refractivity contribution in [2.45, 2.75) is 6.92 Å². The summed E-state index contributed by atoms with van der Waals surface area (Å²) in [6.45, 7) is 1.84. The van der Waals surface area contributed by atoms with E-state index in [9.17, 15) is 9.90 Å². The van der Waals surface area contributed by atoms with E-state index in [0.717, 1.165) is 10.9 Å². The van der Waals surface area contributed by atoms with Gasteiger partial charge in [0.2, 0.25) is 0 Å². The van der Waals surface area contributed by atoms with Crippen molar-refractivity contribution in [2.24, 2.45) is 10.2 Å². The Balaban J connectivity index is 1.59. The molecule has 0 atom stereocenters. The number of phenols is 1. The number of anilines is 1. The first kappa shape index (κ1) is 21.0. The summed E-state index contributed by atoms with van der Waals surface area (Å²) in [6, 6.07) is 19.7. The van der Waals surface area contributed by atoms with Crippen molar-refractivity contribution in [3.8, 4) is 11.7 Å². The molecule has 9 nitrogen and oxygen atoms in total. The number of nitrogens with one attached hydrogen (secondary N) is 1. The summed E-state index contributed by atoms with van der Waals surface area (Å²) in [6.07, 6.45) is 4.84. The summed E-state index contributed by atoms with van der Waals surface area (Å²) >= 11 is 0. The summed E-state index contributed by atoms with van der Waals surface area (Å²) in [7, 11) is 0. The van der Waals surface area contributed by atoms with Crippen molar-refractivity contribution >= 4 is 33.9 Å². The van der Waals surface area contributed by atoms with E-state index < -0.39 is 5.91 Å². The Bertz CT molecular complexity index is 1510. The number of fused-ring (bicyclic) bond motifs is 1. The normalized spacial score (nSPS) is 11.2. The lowest BCUT2D eigenvalue weighted by atomic mass is 10.0. The number of phenolic OH excluding ortho intramolecular Hbond substituents is 1. The highest BCUT2D eigenvalue weighted by Crippen LogP contribution is 2.40. The molecule has 5 rings (SSSR count). The smallest absolute Gasteiger partial charge is 0.259 e. The van der Waals surface area contributed by atoms with Gasteiger partial charge >= 0.3 is 0 Å². The largest absolute Gasteiger partial charge is 0.505 e. The Hall–Kier alpha value is -4.92. The Morgan fingerprint density at radius 1 is 0.971 bits per heavy atom. The molecule has 0 saturated heterocycles. The van der Waals surface area contributed by atoms with Crippen LogP contribution >= 0.6 is 0 Å². The van der Waals surface area contributed by atoms with E-state index in [2.05, 4.69) is 30.6 Å². The zero-order valence-corrected chi connectivity index (χ0v) is 18.1. The second-order valence-electron chi connectivity index (χ2n) is 7.47. The molecule has 2 aromatic heterocycles. The molecular formula is C25H19N7O2. The molecule has 0 saturated carbocycles. The van der Waals surface area contributed by atoms with Crippen LogP contribution in [0.5, 0.6) is 5.75 Å². The minimum absolute atomic E-state index is 0.0909. The number of aromatic hydroxyl groups is 1. The summed E-state index contributed by atoms with van der Waals surface area (Å²) in [4.78, 5) is 21.4. The Morgan fingerprint density at radius 3 is 2.50 bits per heavy atom. The van der Waals surface area contributed by atoms with E-state index in [1.54, 1.807) is 42.9 Å². The maximum absolute atomic E-state index is 13.0. The molecule has 0 aliphatic carbocycles. The number of carbonyl (C=O) groups excluding carboxylic acids is 1. The number of nitrogens with zero attached hydrogens (tertiary/aromatic N) is 6. The van der Waals surface area contributed by atoms with Crippen LogP contribution < -0.4 is 5.32 Å². The van der Waals surface area contributed by atoms with Crippen LogP contribution in [0.25, 0.3) is 16.7 Å². The summed E-state index contributed by atoms with van der Waals surface area (Å²) in [5, 5.41) is 28.2. The number of carbonyl (C=O) groups is 1. The van der Waals surface area contributed by atoms with Gasteiger partial charge in [-0.05, 0) is 36.6 Å². The van der Waals surface area contributed by atoms with E-state index in [1.165, 1.54) is 4.68 Å². The number of rotatable bonds is 5. The Kier molecular flexibility index (Phi) is 5.49. The molecule has 0 bridgehead atoms. The molecular weight excluding hydrogens is 430 g/mol. The van der Waals surface area contributed by atoms with Crippen molar-refractivity contribution in [1.29, 1.82) is 0 Å². The number of hydrogen-bond acceptors (Lipinski definition) is 7. The molecule has 166 valence electrons.